The van der Waals surface area contributed by atoms with E-state index in [1.54, 1.807) is 4.90 Å². The molecule has 3 rings (SSSR count). The van der Waals surface area contributed by atoms with Gasteiger partial charge < -0.3 is 20.2 Å². The van der Waals surface area contributed by atoms with Crippen molar-refractivity contribution in [3.05, 3.63) is 35.4 Å². The van der Waals surface area contributed by atoms with Crippen LogP contribution < -0.4 is 5.32 Å². The molecular weight excluding hydrogens is 322 g/mol. The summed E-state index contributed by atoms with van der Waals surface area (Å²) in [5.74, 6) is -1.47. The second-order valence-electron chi connectivity index (χ2n) is 6.81. The average Bonchev–Trinajstić information content (AvgIpc) is 3.19. The summed E-state index contributed by atoms with van der Waals surface area (Å²) in [5, 5.41) is 11.8. The lowest BCUT2D eigenvalue weighted by Crippen LogP contribution is -2.47. The van der Waals surface area contributed by atoms with E-state index in [9.17, 15) is 14.4 Å². The number of hydrogen-bond donors (Lipinski definition) is 2. The number of urea groups is 1. The fourth-order valence-corrected chi connectivity index (χ4v) is 3.33. The van der Waals surface area contributed by atoms with Crippen LogP contribution in [0.4, 0.5) is 4.79 Å². The molecule has 2 heterocycles. The van der Waals surface area contributed by atoms with E-state index in [0.717, 1.165) is 5.56 Å². The van der Waals surface area contributed by atoms with E-state index < -0.39 is 17.9 Å². The summed E-state index contributed by atoms with van der Waals surface area (Å²) in [6, 6.07) is 7.17. The van der Waals surface area contributed by atoms with Gasteiger partial charge in [0, 0.05) is 26.2 Å². The normalized spacial score (nSPS) is 23.2. The summed E-state index contributed by atoms with van der Waals surface area (Å²) in [5.41, 5.74) is 2.24. The minimum atomic E-state index is -0.878. The highest BCUT2D eigenvalue weighted by Gasteiger charge is 2.36. The molecule has 2 aliphatic rings. The average molecular weight is 345 g/mol. The number of carbonyl (C=O) groups excluding carboxylic acids is 2. The van der Waals surface area contributed by atoms with Gasteiger partial charge >= 0.3 is 12.0 Å². The van der Waals surface area contributed by atoms with Gasteiger partial charge in [0.2, 0.25) is 5.91 Å². The Kier molecular flexibility index (Phi) is 4.92. The first-order valence-corrected chi connectivity index (χ1v) is 8.56. The first kappa shape index (κ1) is 17.3. The Balaban J connectivity index is 1.52. The number of aryl methyl sites for hydroxylation is 1. The summed E-state index contributed by atoms with van der Waals surface area (Å²) in [6.45, 7) is 3.78. The summed E-state index contributed by atoms with van der Waals surface area (Å²) < 4.78 is 0. The molecule has 2 aliphatic heterocycles. The molecule has 2 fully saturated rings. The zero-order chi connectivity index (χ0) is 18.0. The lowest BCUT2D eigenvalue weighted by atomic mass is 10.1. The van der Waals surface area contributed by atoms with Crippen molar-refractivity contribution in [1.29, 1.82) is 0 Å². The van der Waals surface area contributed by atoms with Gasteiger partial charge in [0.25, 0.3) is 0 Å². The van der Waals surface area contributed by atoms with E-state index in [0.29, 0.717) is 32.5 Å². The molecule has 0 aliphatic carbocycles. The van der Waals surface area contributed by atoms with Crippen molar-refractivity contribution in [3.63, 3.8) is 0 Å². The smallest absolute Gasteiger partial charge is 0.318 e. The van der Waals surface area contributed by atoms with Crippen LogP contribution in [0.3, 0.4) is 0 Å². The Morgan fingerprint density at radius 2 is 1.92 bits per heavy atom. The predicted octanol–water partition coefficient (Wildman–Crippen LogP) is 1.21. The quantitative estimate of drug-likeness (QED) is 0.858. The second kappa shape index (κ2) is 7.13. The Hall–Kier alpha value is -2.57. The minimum absolute atomic E-state index is 0.0806. The van der Waals surface area contributed by atoms with E-state index in [-0.39, 0.29) is 18.5 Å². The van der Waals surface area contributed by atoms with Gasteiger partial charge in [0.05, 0.1) is 5.92 Å². The summed E-state index contributed by atoms with van der Waals surface area (Å²) in [7, 11) is 0. The van der Waals surface area contributed by atoms with Crippen molar-refractivity contribution in [2.75, 3.05) is 19.6 Å². The topological polar surface area (TPSA) is 90.0 Å². The van der Waals surface area contributed by atoms with Crippen molar-refractivity contribution >= 4 is 17.9 Å². The molecule has 0 unspecified atom stereocenters. The number of carboxylic acids is 1. The molecule has 134 valence electrons. The molecule has 0 radical (unpaired) electrons. The Morgan fingerprint density at radius 3 is 2.56 bits per heavy atom. The first-order chi connectivity index (χ1) is 11.9. The lowest BCUT2D eigenvalue weighted by molar-refractivity contribution is -0.141. The van der Waals surface area contributed by atoms with Crippen molar-refractivity contribution in [2.45, 2.75) is 32.4 Å². The number of hydrogen-bond acceptors (Lipinski definition) is 3. The lowest BCUT2D eigenvalue weighted by Gasteiger charge is -2.20. The van der Waals surface area contributed by atoms with E-state index >= 15 is 0 Å². The molecule has 2 N–H and O–H groups in total. The molecule has 1 aromatic carbocycles. The van der Waals surface area contributed by atoms with Crippen LogP contribution in [-0.2, 0) is 16.1 Å². The van der Waals surface area contributed by atoms with Crippen LogP contribution in [-0.4, -0.2) is 58.5 Å². The largest absolute Gasteiger partial charge is 0.481 e. The standard InChI is InChI=1S/C18H23N3O4/c1-12-2-4-13(5-3-12)10-20-9-7-15(16(20)22)19-18(25)21-8-6-14(11-21)17(23)24/h2-5,14-15H,6-11H2,1H3,(H,19,25)(H,23,24)/t14-,15-/m0/s1. The van der Waals surface area contributed by atoms with Crippen LogP contribution in [0.1, 0.15) is 24.0 Å². The summed E-state index contributed by atoms with van der Waals surface area (Å²) >= 11 is 0. The fourth-order valence-electron chi connectivity index (χ4n) is 3.33. The van der Waals surface area contributed by atoms with Crippen LogP contribution in [0.5, 0.6) is 0 Å². The third kappa shape index (κ3) is 3.92. The Labute approximate surface area is 146 Å². The number of aliphatic carboxylic acids is 1. The van der Waals surface area contributed by atoms with Gasteiger partial charge in [-0.25, -0.2) is 4.79 Å². The van der Waals surface area contributed by atoms with Crippen molar-refractivity contribution in [3.8, 4) is 0 Å². The first-order valence-electron chi connectivity index (χ1n) is 8.56. The monoisotopic (exact) mass is 345 g/mol. The Bertz CT molecular complexity index is 673. The third-order valence-corrected chi connectivity index (χ3v) is 4.91. The van der Waals surface area contributed by atoms with Gasteiger partial charge in [-0.1, -0.05) is 29.8 Å². The summed E-state index contributed by atoms with van der Waals surface area (Å²) in [6.07, 6.45) is 1.04. The van der Waals surface area contributed by atoms with Crippen LogP contribution >= 0.6 is 0 Å². The highest BCUT2D eigenvalue weighted by molar-refractivity contribution is 5.89. The van der Waals surface area contributed by atoms with Gasteiger partial charge in [0.15, 0.2) is 0 Å². The number of nitrogens with one attached hydrogen (secondary N) is 1. The number of benzene rings is 1. The molecule has 0 saturated carbocycles. The van der Waals surface area contributed by atoms with Crippen LogP contribution in [0.2, 0.25) is 0 Å². The Morgan fingerprint density at radius 1 is 1.20 bits per heavy atom. The van der Waals surface area contributed by atoms with Crippen LogP contribution in [0, 0.1) is 12.8 Å². The molecule has 3 amide bonds. The number of nitrogens with zero attached hydrogens (tertiary/aromatic N) is 2. The van der Waals surface area contributed by atoms with Crippen molar-refractivity contribution in [1.82, 2.24) is 15.1 Å². The number of likely N-dealkylation sites (tertiary alicyclic amines) is 2. The van der Waals surface area contributed by atoms with Crippen LogP contribution in [0.25, 0.3) is 0 Å². The van der Waals surface area contributed by atoms with Gasteiger partial charge in [0.1, 0.15) is 6.04 Å². The molecule has 0 bridgehead atoms. The van der Waals surface area contributed by atoms with Gasteiger partial charge in [-0.3, -0.25) is 9.59 Å². The second-order valence-corrected chi connectivity index (χ2v) is 6.81. The van der Waals surface area contributed by atoms with E-state index in [1.165, 1.54) is 10.5 Å². The minimum Gasteiger partial charge on any atom is -0.481 e. The third-order valence-electron chi connectivity index (χ3n) is 4.91. The molecule has 0 aromatic heterocycles. The maximum Gasteiger partial charge on any atom is 0.318 e. The maximum atomic E-state index is 12.5. The van der Waals surface area contributed by atoms with Gasteiger partial charge in [-0.15, -0.1) is 0 Å². The van der Waals surface area contributed by atoms with Crippen molar-refractivity contribution < 1.29 is 19.5 Å². The van der Waals surface area contributed by atoms with E-state index in [1.807, 2.05) is 31.2 Å². The molecule has 7 nitrogen and oxygen atoms in total. The molecule has 1 aromatic rings. The van der Waals surface area contributed by atoms with E-state index in [4.69, 9.17) is 5.11 Å². The summed E-state index contributed by atoms with van der Waals surface area (Å²) in [4.78, 5) is 39.0. The maximum absolute atomic E-state index is 12.5. The molecule has 0 spiro atoms. The highest BCUT2D eigenvalue weighted by Crippen LogP contribution is 2.19. The van der Waals surface area contributed by atoms with Crippen molar-refractivity contribution in [2.24, 2.45) is 5.92 Å². The molecule has 25 heavy (non-hydrogen) atoms. The number of carbonyl (C=O) groups is 3. The molecular formula is C18H23N3O4. The number of rotatable bonds is 4. The van der Waals surface area contributed by atoms with E-state index in [2.05, 4.69) is 5.32 Å². The van der Waals surface area contributed by atoms with Crippen LogP contribution in [0.15, 0.2) is 24.3 Å². The fraction of sp³-hybridized carbons (Fsp3) is 0.500. The molecule has 2 saturated heterocycles. The zero-order valence-corrected chi connectivity index (χ0v) is 14.3. The van der Waals surface area contributed by atoms with Gasteiger partial charge in [-0.05, 0) is 25.3 Å². The SMILES string of the molecule is Cc1ccc(CN2CC[C@H](NC(=O)N3CC[C@H](C(=O)O)C3)C2=O)cc1. The molecule has 7 heteroatoms. The van der Waals surface area contributed by atoms with Gasteiger partial charge in [-0.2, -0.15) is 0 Å². The zero-order valence-electron chi connectivity index (χ0n) is 14.3. The number of carboxylic acid groups (broad SMARTS) is 1. The number of amides is 3. The highest BCUT2D eigenvalue weighted by atomic mass is 16.4. The molecule has 2 atom stereocenters. The predicted molar refractivity (Wildman–Crippen MR) is 90.8 cm³/mol.